The lowest BCUT2D eigenvalue weighted by molar-refractivity contribution is -0.141. The molecule has 0 fully saturated rings. The number of halogens is 1. The van der Waals surface area contributed by atoms with Crippen LogP contribution in [-0.2, 0) is 16.1 Å². The molecule has 0 aliphatic heterocycles. The number of rotatable bonds is 9. The van der Waals surface area contributed by atoms with Gasteiger partial charge < -0.3 is 10.2 Å². The van der Waals surface area contributed by atoms with Crippen LogP contribution in [0.25, 0.3) is 0 Å². The molecule has 2 aromatic carbocycles. The van der Waals surface area contributed by atoms with E-state index in [9.17, 15) is 9.59 Å². The van der Waals surface area contributed by atoms with Gasteiger partial charge in [-0.1, -0.05) is 48.9 Å². The lowest BCUT2D eigenvalue weighted by atomic mass is 10.1. The maximum Gasteiger partial charge on any atom is 0.243 e. The van der Waals surface area contributed by atoms with Crippen molar-refractivity contribution in [2.75, 3.05) is 5.75 Å². The van der Waals surface area contributed by atoms with Gasteiger partial charge in [-0.05, 0) is 57.0 Å². The third kappa shape index (κ3) is 8.04. The summed E-state index contributed by atoms with van der Waals surface area (Å²) in [6, 6.07) is 16.9. The van der Waals surface area contributed by atoms with Gasteiger partial charge in [0.1, 0.15) is 6.04 Å². The van der Waals surface area contributed by atoms with Crippen molar-refractivity contribution in [1.82, 2.24) is 10.2 Å². The van der Waals surface area contributed by atoms with Gasteiger partial charge in [0.05, 0.1) is 0 Å². The van der Waals surface area contributed by atoms with E-state index in [0.717, 1.165) is 10.5 Å². The van der Waals surface area contributed by atoms with E-state index in [1.807, 2.05) is 70.2 Å². The van der Waals surface area contributed by atoms with Gasteiger partial charge in [0, 0.05) is 34.2 Å². The molecule has 0 spiro atoms. The first-order chi connectivity index (χ1) is 14.2. The molecule has 0 heterocycles. The van der Waals surface area contributed by atoms with Crippen LogP contribution >= 0.6 is 23.4 Å². The largest absolute Gasteiger partial charge is 0.350 e. The minimum Gasteiger partial charge on any atom is -0.350 e. The molecule has 1 N–H and O–H groups in total. The van der Waals surface area contributed by atoms with E-state index in [2.05, 4.69) is 5.32 Å². The molecule has 2 amide bonds. The number of nitrogens with zero attached hydrogens (tertiary/aromatic N) is 1. The molecule has 6 heteroatoms. The topological polar surface area (TPSA) is 49.4 Å². The predicted octanol–water partition coefficient (Wildman–Crippen LogP) is 5.54. The summed E-state index contributed by atoms with van der Waals surface area (Å²) in [7, 11) is 0. The highest BCUT2D eigenvalue weighted by molar-refractivity contribution is 7.99. The van der Waals surface area contributed by atoms with Gasteiger partial charge in [0.2, 0.25) is 11.8 Å². The second-order valence-electron chi connectivity index (χ2n) is 8.22. The van der Waals surface area contributed by atoms with Crippen LogP contribution in [0.4, 0.5) is 0 Å². The second-order valence-corrected chi connectivity index (χ2v) is 9.83. The third-order valence-corrected chi connectivity index (χ3v) is 5.74. The first-order valence-corrected chi connectivity index (χ1v) is 11.6. The highest BCUT2D eigenvalue weighted by Gasteiger charge is 2.30. The van der Waals surface area contributed by atoms with Gasteiger partial charge in [0.15, 0.2) is 0 Å². The highest BCUT2D eigenvalue weighted by atomic mass is 35.5. The number of thioether (sulfide) groups is 1. The summed E-state index contributed by atoms with van der Waals surface area (Å²) in [6.45, 7) is 8.15. The molecule has 0 bridgehead atoms. The summed E-state index contributed by atoms with van der Waals surface area (Å²) in [5, 5.41) is 3.67. The molecule has 0 aliphatic rings. The monoisotopic (exact) mass is 446 g/mol. The smallest absolute Gasteiger partial charge is 0.243 e. The Labute approximate surface area is 189 Å². The summed E-state index contributed by atoms with van der Waals surface area (Å²) in [5.41, 5.74) is 0.591. The third-order valence-electron chi connectivity index (χ3n) is 4.48. The summed E-state index contributed by atoms with van der Waals surface area (Å²) in [4.78, 5) is 29.0. The first kappa shape index (κ1) is 24.3. The Morgan fingerprint density at radius 2 is 1.70 bits per heavy atom. The zero-order valence-corrected chi connectivity index (χ0v) is 19.7. The SMILES string of the molecule is CCC(C(=O)NC(C)(C)C)N(Cc1ccc(Cl)cc1)C(=O)CCSc1ccccc1. The number of amides is 2. The van der Waals surface area contributed by atoms with Crippen molar-refractivity contribution in [2.45, 2.75) is 63.6 Å². The van der Waals surface area contributed by atoms with E-state index in [-0.39, 0.29) is 17.4 Å². The van der Waals surface area contributed by atoms with Gasteiger partial charge >= 0.3 is 0 Å². The van der Waals surface area contributed by atoms with Crippen LogP contribution in [0, 0.1) is 0 Å². The molecular formula is C24H31ClN2O2S. The number of hydrogen-bond acceptors (Lipinski definition) is 3. The maximum absolute atomic E-state index is 13.2. The number of carbonyl (C=O) groups excluding carboxylic acids is 2. The van der Waals surface area contributed by atoms with E-state index < -0.39 is 6.04 Å². The lowest BCUT2D eigenvalue weighted by Crippen LogP contribution is -2.53. The molecule has 2 aromatic rings. The van der Waals surface area contributed by atoms with Crippen LogP contribution in [0.2, 0.25) is 5.02 Å². The quantitative estimate of drug-likeness (QED) is 0.514. The molecule has 4 nitrogen and oxygen atoms in total. The lowest BCUT2D eigenvalue weighted by Gasteiger charge is -2.33. The Bertz CT molecular complexity index is 819. The predicted molar refractivity (Wildman–Crippen MR) is 126 cm³/mol. The molecule has 0 saturated heterocycles. The van der Waals surface area contributed by atoms with Crippen LogP contribution in [0.5, 0.6) is 0 Å². The number of benzene rings is 2. The Kier molecular flexibility index (Phi) is 9.25. The standard InChI is InChI=1S/C24H31ClN2O2S/c1-5-21(23(29)26-24(2,3)4)27(17-18-11-13-19(25)14-12-18)22(28)15-16-30-20-9-7-6-8-10-20/h6-14,21H,5,15-17H2,1-4H3,(H,26,29). The zero-order chi connectivity index (χ0) is 22.1. The van der Waals surface area contributed by atoms with Crippen molar-refractivity contribution < 1.29 is 9.59 Å². The van der Waals surface area contributed by atoms with Crippen LogP contribution in [0.3, 0.4) is 0 Å². The van der Waals surface area contributed by atoms with E-state index in [1.54, 1.807) is 28.8 Å². The minimum atomic E-state index is -0.519. The Morgan fingerprint density at radius 3 is 2.27 bits per heavy atom. The van der Waals surface area contributed by atoms with Gasteiger partial charge in [-0.25, -0.2) is 0 Å². The molecule has 0 aromatic heterocycles. The van der Waals surface area contributed by atoms with E-state index in [4.69, 9.17) is 11.6 Å². The summed E-state index contributed by atoms with van der Waals surface area (Å²) >= 11 is 7.65. The van der Waals surface area contributed by atoms with Gasteiger partial charge in [-0.3, -0.25) is 9.59 Å². The molecule has 1 unspecified atom stereocenters. The normalized spacial score (nSPS) is 12.3. The fraction of sp³-hybridized carbons (Fsp3) is 0.417. The van der Waals surface area contributed by atoms with E-state index >= 15 is 0 Å². The summed E-state index contributed by atoms with van der Waals surface area (Å²) in [5.74, 6) is 0.518. The average Bonchev–Trinajstić information content (AvgIpc) is 2.68. The Hall–Kier alpha value is -1.98. The van der Waals surface area contributed by atoms with Crippen molar-refractivity contribution in [3.05, 3.63) is 65.2 Å². The van der Waals surface area contributed by atoms with Gasteiger partial charge in [0.25, 0.3) is 0 Å². The Balaban J connectivity index is 2.14. The van der Waals surface area contributed by atoms with Crippen LogP contribution in [0.15, 0.2) is 59.5 Å². The molecule has 0 saturated carbocycles. The van der Waals surface area contributed by atoms with E-state index in [0.29, 0.717) is 30.2 Å². The van der Waals surface area contributed by atoms with Crippen molar-refractivity contribution in [3.8, 4) is 0 Å². The maximum atomic E-state index is 13.2. The molecular weight excluding hydrogens is 416 g/mol. The molecule has 162 valence electrons. The number of nitrogens with one attached hydrogen (secondary N) is 1. The molecule has 30 heavy (non-hydrogen) atoms. The zero-order valence-electron chi connectivity index (χ0n) is 18.2. The van der Waals surface area contributed by atoms with Crippen molar-refractivity contribution in [2.24, 2.45) is 0 Å². The summed E-state index contributed by atoms with van der Waals surface area (Å²) in [6.07, 6.45) is 0.916. The fourth-order valence-electron chi connectivity index (χ4n) is 3.08. The number of carbonyl (C=O) groups is 2. The molecule has 2 rings (SSSR count). The van der Waals surface area contributed by atoms with Crippen LogP contribution in [-0.4, -0.2) is 34.0 Å². The molecule has 1 atom stereocenters. The van der Waals surface area contributed by atoms with Crippen molar-refractivity contribution in [1.29, 1.82) is 0 Å². The van der Waals surface area contributed by atoms with E-state index in [1.165, 1.54) is 0 Å². The molecule has 0 radical (unpaired) electrons. The highest BCUT2D eigenvalue weighted by Crippen LogP contribution is 2.21. The average molecular weight is 447 g/mol. The Morgan fingerprint density at radius 1 is 1.07 bits per heavy atom. The minimum absolute atomic E-state index is 0.0238. The number of hydrogen-bond donors (Lipinski definition) is 1. The van der Waals surface area contributed by atoms with Crippen LogP contribution < -0.4 is 5.32 Å². The fourth-order valence-corrected chi connectivity index (χ4v) is 4.06. The van der Waals surface area contributed by atoms with Gasteiger partial charge in [-0.15, -0.1) is 11.8 Å². The molecule has 0 aliphatic carbocycles. The second kappa shape index (κ2) is 11.4. The van der Waals surface area contributed by atoms with Crippen molar-refractivity contribution in [3.63, 3.8) is 0 Å². The van der Waals surface area contributed by atoms with Crippen LogP contribution in [0.1, 0.15) is 46.1 Å². The van der Waals surface area contributed by atoms with Crippen molar-refractivity contribution >= 4 is 35.2 Å². The van der Waals surface area contributed by atoms with Gasteiger partial charge in [-0.2, -0.15) is 0 Å². The summed E-state index contributed by atoms with van der Waals surface area (Å²) < 4.78 is 0. The first-order valence-electron chi connectivity index (χ1n) is 10.2.